The summed E-state index contributed by atoms with van der Waals surface area (Å²) in [7, 11) is 0. The van der Waals surface area contributed by atoms with Crippen LogP contribution in [0.25, 0.3) is 0 Å². The number of halogens is 4. The minimum atomic E-state index is -1.52. The standard InChI is InChI=1S/C26H24I2P2.2HI/c27-29(23-13-5-1-6-14-23,24-15-7-2-8-16-24)21-22-30(28,25-17-9-3-10-18-25)26-19-11-4-12-20-26;;/h1-20H,21-22H2;2*1H/q+2;;/p-2. The van der Waals surface area contributed by atoms with Crippen LogP contribution in [-0.4, -0.2) is 12.3 Å². The van der Waals surface area contributed by atoms with E-state index in [0.717, 1.165) is 0 Å². The molecule has 0 saturated carbocycles. The van der Waals surface area contributed by atoms with Crippen molar-refractivity contribution in [2.75, 3.05) is 12.3 Å². The fraction of sp³-hybridized carbons (Fsp3) is 0.0769. The Hall–Kier alpha value is 0.660. The maximum atomic E-state index is 2.81. The van der Waals surface area contributed by atoms with E-state index >= 15 is 0 Å². The van der Waals surface area contributed by atoms with Crippen molar-refractivity contribution < 1.29 is 48.0 Å². The lowest BCUT2D eigenvalue weighted by Gasteiger charge is -2.24. The molecular formula is C26H24I4P2. The first-order valence-electron chi connectivity index (χ1n) is 10.0. The second-order valence-corrected chi connectivity index (χ2v) is 22.9. The van der Waals surface area contributed by atoms with E-state index < -0.39 is 9.81 Å². The van der Waals surface area contributed by atoms with Crippen LogP contribution in [0, 0.1) is 0 Å². The largest absolute Gasteiger partial charge is 1.00 e. The zero-order valence-electron chi connectivity index (χ0n) is 17.4. The first kappa shape index (κ1) is 28.9. The van der Waals surface area contributed by atoms with Crippen LogP contribution in [0.3, 0.4) is 0 Å². The van der Waals surface area contributed by atoms with Crippen LogP contribution in [0.5, 0.6) is 0 Å². The zero-order chi connectivity index (χ0) is 20.9. The van der Waals surface area contributed by atoms with Crippen molar-refractivity contribution >= 4 is 75.1 Å². The Morgan fingerprint density at radius 1 is 0.375 bits per heavy atom. The van der Waals surface area contributed by atoms with Crippen LogP contribution < -0.4 is 69.2 Å². The molecule has 0 aliphatic heterocycles. The molecule has 0 unspecified atom stereocenters. The molecule has 0 aromatic heterocycles. The highest BCUT2D eigenvalue weighted by molar-refractivity contribution is 14.2. The lowest BCUT2D eigenvalue weighted by atomic mass is 10.4. The van der Waals surface area contributed by atoms with Crippen LogP contribution in [0.4, 0.5) is 0 Å². The molecule has 166 valence electrons. The van der Waals surface area contributed by atoms with Gasteiger partial charge in [-0.15, -0.1) is 0 Å². The molecular weight excluding hydrogens is 882 g/mol. The highest BCUT2D eigenvalue weighted by atomic mass is 127. The van der Waals surface area contributed by atoms with Crippen LogP contribution in [0.2, 0.25) is 0 Å². The highest BCUT2D eigenvalue weighted by Crippen LogP contribution is 2.71. The second-order valence-electron chi connectivity index (χ2n) is 7.22. The summed E-state index contributed by atoms with van der Waals surface area (Å²) in [6.45, 7) is 0. The number of rotatable bonds is 7. The summed E-state index contributed by atoms with van der Waals surface area (Å²) in [5.41, 5.74) is 0. The summed E-state index contributed by atoms with van der Waals surface area (Å²) < 4.78 is 0. The van der Waals surface area contributed by atoms with Crippen molar-refractivity contribution in [3.8, 4) is 0 Å². The van der Waals surface area contributed by atoms with Gasteiger partial charge in [0, 0.05) is 0 Å². The Morgan fingerprint density at radius 3 is 0.750 bits per heavy atom. The molecule has 0 fully saturated rings. The molecule has 0 aliphatic rings. The number of benzene rings is 4. The molecule has 0 saturated heterocycles. The molecule has 0 spiro atoms. The van der Waals surface area contributed by atoms with E-state index in [1.165, 1.54) is 33.5 Å². The van der Waals surface area contributed by atoms with Gasteiger partial charge >= 0.3 is 0 Å². The van der Waals surface area contributed by atoms with E-state index in [1.54, 1.807) is 0 Å². The van der Waals surface area contributed by atoms with E-state index in [0.29, 0.717) is 0 Å². The lowest BCUT2D eigenvalue weighted by Crippen LogP contribution is -3.00. The van der Waals surface area contributed by atoms with Gasteiger partial charge in [0.2, 0.25) is 0 Å². The van der Waals surface area contributed by atoms with Crippen molar-refractivity contribution in [1.82, 2.24) is 0 Å². The Kier molecular flexibility index (Phi) is 12.3. The van der Waals surface area contributed by atoms with Crippen LogP contribution in [0.1, 0.15) is 0 Å². The normalized spacial score (nSPS) is 11.2. The molecule has 0 nitrogen and oxygen atoms in total. The molecule has 0 radical (unpaired) electrons. The summed E-state index contributed by atoms with van der Waals surface area (Å²) in [5.74, 6) is 0. The number of hydrogen-bond acceptors (Lipinski definition) is 0. The molecule has 4 aromatic rings. The molecule has 4 aromatic carbocycles. The summed E-state index contributed by atoms with van der Waals surface area (Å²) >= 11 is 5.62. The number of hydrogen-bond donors (Lipinski definition) is 0. The Morgan fingerprint density at radius 2 is 0.562 bits per heavy atom. The molecule has 32 heavy (non-hydrogen) atoms. The average Bonchev–Trinajstić information content (AvgIpc) is 2.84. The van der Waals surface area contributed by atoms with Gasteiger partial charge < -0.3 is 48.0 Å². The van der Waals surface area contributed by atoms with Crippen LogP contribution in [-0.2, 0) is 0 Å². The average molecular weight is 906 g/mol. The summed E-state index contributed by atoms with van der Waals surface area (Å²) in [4.78, 5) is -3.04. The van der Waals surface area contributed by atoms with Crippen LogP contribution >= 0.6 is 53.9 Å². The van der Waals surface area contributed by atoms with E-state index in [2.05, 4.69) is 165 Å². The lowest BCUT2D eigenvalue weighted by molar-refractivity contribution is -0.001000. The topological polar surface area (TPSA) is 0 Å². The van der Waals surface area contributed by atoms with Gasteiger partial charge in [0.1, 0.15) is 43.4 Å². The van der Waals surface area contributed by atoms with E-state index in [-0.39, 0.29) is 48.0 Å². The van der Waals surface area contributed by atoms with Crippen molar-refractivity contribution in [1.29, 1.82) is 0 Å². The summed E-state index contributed by atoms with van der Waals surface area (Å²) in [6.07, 6.45) is 2.39. The molecule has 0 amide bonds. The van der Waals surface area contributed by atoms with Gasteiger partial charge in [-0.25, -0.2) is 0 Å². The Bertz CT molecular complexity index is 894. The summed E-state index contributed by atoms with van der Waals surface area (Å²) in [6, 6.07) is 44.6. The summed E-state index contributed by atoms with van der Waals surface area (Å²) in [5, 5.41) is 5.95. The first-order valence-corrected chi connectivity index (χ1v) is 19.5. The van der Waals surface area contributed by atoms with E-state index in [4.69, 9.17) is 0 Å². The third-order valence-corrected chi connectivity index (χ3v) is 21.5. The van der Waals surface area contributed by atoms with Crippen molar-refractivity contribution in [2.45, 2.75) is 0 Å². The molecule has 0 aliphatic carbocycles. The van der Waals surface area contributed by atoms with E-state index in [1.807, 2.05) is 0 Å². The van der Waals surface area contributed by atoms with Crippen molar-refractivity contribution in [2.24, 2.45) is 0 Å². The van der Waals surface area contributed by atoms with Crippen LogP contribution in [0.15, 0.2) is 121 Å². The quantitative estimate of drug-likeness (QED) is 0.193. The minimum absolute atomic E-state index is 0. The van der Waals surface area contributed by atoms with Gasteiger partial charge in [-0.3, -0.25) is 0 Å². The van der Waals surface area contributed by atoms with Crippen molar-refractivity contribution in [3.05, 3.63) is 121 Å². The third-order valence-electron chi connectivity index (χ3n) is 5.38. The van der Waals surface area contributed by atoms with Crippen molar-refractivity contribution in [3.63, 3.8) is 0 Å². The maximum Gasteiger partial charge on any atom is 0.167 e. The predicted octanol–water partition coefficient (Wildman–Crippen LogP) is 1.03. The Balaban J connectivity index is 0.00000181. The highest BCUT2D eigenvalue weighted by Gasteiger charge is 2.48. The fourth-order valence-electron chi connectivity index (χ4n) is 3.75. The first-order chi connectivity index (χ1) is 14.6. The maximum absolute atomic E-state index is 2.81. The monoisotopic (exact) mass is 906 g/mol. The predicted molar refractivity (Wildman–Crippen MR) is 156 cm³/mol. The van der Waals surface area contributed by atoms with Gasteiger partial charge in [0.15, 0.2) is 44.1 Å². The molecule has 4 rings (SSSR count). The minimum Gasteiger partial charge on any atom is -1.00 e. The third kappa shape index (κ3) is 6.66. The smallest absolute Gasteiger partial charge is 0.167 e. The fourth-order valence-corrected chi connectivity index (χ4v) is 17.9. The Labute approximate surface area is 253 Å². The van der Waals surface area contributed by atoms with Gasteiger partial charge in [0.25, 0.3) is 0 Å². The molecule has 0 bridgehead atoms. The molecule has 6 heteroatoms. The van der Waals surface area contributed by atoms with Gasteiger partial charge in [-0.2, -0.15) is 0 Å². The SMILES string of the molecule is I[P+](CC[P+](I)(c1ccccc1)c1ccccc1)(c1ccccc1)c1ccccc1.[I-].[I-]. The molecule has 0 N–H and O–H groups in total. The van der Waals surface area contributed by atoms with E-state index in [9.17, 15) is 0 Å². The van der Waals surface area contributed by atoms with Gasteiger partial charge in [-0.1, -0.05) is 72.8 Å². The second kappa shape index (κ2) is 13.7. The van der Waals surface area contributed by atoms with Gasteiger partial charge in [0.05, 0.1) is 0 Å². The zero-order valence-corrected chi connectivity index (χ0v) is 27.8. The van der Waals surface area contributed by atoms with Gasteiger partial charge in [-0.05, 0) is 48.5 Å². The molecule has 0 heterocycles. The molecule has 0 atom stereocenters.